The number of halogens is 1. The first-order valence-corrected chi connectivity index (χ1v) is 6.69. The lowest BCUT2D eigenvalue weighted by Crippen LogP contribution is -2.17. The van der Waals surface area contributed by atoms with Gasteiger partial charge in [-0.15, -0.1) is 16.4 Å². The molecule has 0 saturated heterocycles. The van der Waals surface area contributed by atoms with E-state index in [-0.39, 0.29) is 0 Å². The van der Waals surface area contributed by atoms with E-state index in [0.717, 1.165) is 29.7 Å². The number of aryl methyl sites for hydroxylation is 2. The fraction of sp³-hybridized carbons (Fsp3) is 0.500. The second-order valence-corrected chi connectivity index (χ2v) is 5.35. The molecule has 2 aromatic heterocycles. The SMILES string of the molecule is CCNCc1nnnn1CCc1ccc(Cl)s1. The number of nitrogens with zero attached hydrogens (tertiary/aromatic N) is 4. The Bertz CT molecular complexity index is 467. The average Bonchev–Trinajstić information content (AvgIpc) is 2.92. The van der Waals surface area contributed by atoms with Gasteiger partial charge < -0.3 is 5.32 Å². The van der Waals surface area contributed by atoms with Crippen molar-refractivity contribution < 1.29 is 0 Å². The summed E-state index contributed by atoms with van der Waals surface area (Å²) in [5.41, 5.74) is 0. The highest BCUT2D eigenvalue weighted by atomic mass is 35.5. The Hall–Kier alpha value is -0.980. The molecule has 2 aromatic rings. The Morgan fingerprint density at radius 1 is 1.47 bits per heavy atom. The molecule has 1 N–H and O–H groups in total. The molecule has 17 heavy (non-hydrogen) atoms. The maximum atomic E-state index is 5.88. The van der Waals surface area contributed by atoms with Gasteiger partial charge in [0.2, 0.25) is 0 Å². The first-order valence-electron chi connectivity index (χ1n) is 5.49. The van der Waals surface area contributed by atoms with Gasteiger partial charge in [0.05, 0.1) is 10.9 Å². The molecule has 0 fully saturated rings. The molecule has 0 bridgehead atoms. The molecule has 0 aliphatic heterocycles. The summed E-state index contributed by atoms with van der Waals surface area (Å²) >= 11 is 7.48. The quantitative estimate of drug-likeness (QED) is 0.870. The van der Waals surface area contributed by atoms with Gasteiger partial charge in [0, 0.05) is 17.8 Å². The Morgan fingerprint density at radius 2 is 2.35 bits per heavy atom. The monoisotopic (exact) mass is 271 g/mol. The fourth-order valence-electron chi connectivity index (χ4n) is 1.46. The number of hydrogen-bond acceptors (Lipinski definition) is 5. The number of hydrogen-bond donors (Lipinski definition) is 1. The molecule has 0 radical (unpaired) electrons. The van der Waals surface area contributed by atoms with Crippen LogP contribution in [0.15, 0.2) is 12.1 Å². The lowest BCUT2D eigenvalue weighted by molar-refractivity contribution is 0.548. The summed E-state index contributed by atoms with van der Waals surface area (Å²) in [7, 11) is 0. The van der Waals surface area contributed by atoms with Gasteiger partial charge in [-0.2, -0.15) is 0 Å². The van der Waals surface area contributed by atoms with Gasteiger partial charge in [0.1, 0.15) is 0 Å². The van der Waals surface area contributed by atoms with Gasteiger partial charge in [-0.1, -0.05) is 18.5 Å². The summed E-state index contributed by atoms with van der Waals surface area (Å²) in [5, 5.41) is 14.9. The molecule has 2 rings (SSSR count). The van der Waals surface area contributed by atoms with Crippen LogP contribution in [0.2, 0.25) is 4.34 Å². The first kappa shape index (κ1) is 12.5. The normalized spacial score (nSPS) is 10.9. The van der Waals surface area contributed by atoms with E-state index >= 15 is 0 Å². The van der Waals surface area contributed by atoms with Crippen molar-refractivity contribution in [2.45, 2.75) is 26.4 Å². The fourth-order valence-corrected chi connectivity index (χ4v) is 2.54. The third-order valence-corrected chi connectivity index (χ3v) is 3.63. The van der Waals surface area contributed by atoms with E-state index in [0.29, 0.717) is 6.54 Å². The largest absolute Gasteiger partial charge is 0.310 e. The molecule has 0 unspecified atom stereocenters. The van der Waals surface area contributed by atoms with Crippen molar-refractivity contribution in [2.24, 2.45) is 0 Å². The van der Waals surface area contributed by atoms with E-state index in [4.69, 9.17) is 11.6 Å². The summed E-state index contributed by atoms with van der Waals surface area (Å²) in [6, 6.07) is 3.96. The van der Waals surface area contributed by atoms with Crippen LogP contribution < -0.4 is 5.32 Å². The zero-order valence-corrected chi connectivity index (χ0v) is 11.1. The van der Waals surface area contributed by atoms with E-state index in [1.807, 2.05) is 16.8 Å². The molecule has 0 aliphatic carbocycles. The smallest absolute Gasteiger partial charge is 0.165 e. The minimum Gasteiger partial charge on any atom is -0.310 e. The average molecular weight is 272 g/mol. The van der Waals surface area contributed by atoms with E-state index in [1.165, 1.54) is 4.88 Å². The van der Waals surface area contributed by atoms with Crippen LogP contribution in [0.1, 0.15) is 17.6 Å². The van der Waals surface area contributed by atoms with Crippen LogP contribution in [0.3, 0.4) is 0 Å². The van der Waals surface area contributed by atoms with Gasteiger partial charge in [-0.25, -0.2) is 4.68 Å². The number of tetrazole rings is 1. The lowest BCUT2D eigenvalue weighted by atomic mass is 10.3. The molecule has 0 spiro atoms. The Labute approximate surface area is 109 Å². The summed E-state index contributed by atoms with van der Waals surface area (Å²) in [6.07, 6.45) is 0.904. The first-order chi connectivity index (χ1) is 8.29. The van der Waals surface area contributed by atoms with Gasteiger partial charge in [0.25, 0.3) is 0 Å². The Balaban J connectivity index is 1.92. The van der Waals surface area contributed by atoms with Crippen molar-refractivity contribution in [3.63, 3.8) is 0 Å². The topological polar surface area (TPSA) is 55.6 Å². The molecule has 0 aliphatic rings. The van der Waals surface area contributed by atoms with Crippen LogP contribution in [0.25, 0.3) is 0 Å². The molecule has 92 valence electrons. The molecule has 0 atom stereocenters. The molecular weight excluding hydrogens is 258 g/mol. The molecule has 0 amide bonds. The summed E-state index contributed by atoms with van der Waals surface area (Å²) in [5.74, 6) is 0.870. The molecule has 2 heterocycles. The van der Waals surface area contributed by atoms with E-state index < -0.39 is 0 Å². The van der Waals surface area contributed by atoms with Gasteiger partial charge in [0.15, 0.2) is 5.82 Å². The van der Waals surface area contributed by atoms with Crippen molar-refractivity contribution in [1.82, 2.24) is 25.5 Å². The second kappa shape index (κ2) is 6.09. The van der Waals surface area contributed by atoms with Crippen LogP contribution in [0.4, 0.5) is 0 Å². The van der Waals surface area contributed by atoms with Crippen LogP contribution in [0, 0.1) is 0 Å². The number of rotatable bonds is 6. The Morgan fingerprint density at radius 3 is 3.06 bits per heavy atom. The number of nitrogens with one attached hydrogen (secondary N) is 1. The molecule has 7 heteroatoms. The van der Waals surface area contributed by atoms with Crippen molar-refractivity contribution in [3.05, 3.63) is 27.2 Å². The lowest BCUT2D eigenvalue weighted by Gasteiger charge is -2.03. The predicted molar refractivity (Wildman–Crippen MR) is 68.2 cm³/mol. The predicted octanol–water partition coefficient (Wildman–Crippen LogP) is 1.74. The molecule has 5 nitrogen and oxygen atoms in total. The third kappa shape index (κ3) is 3.49. The van der Waals surface area contributed by atoms with Crippen LogP contribution >= 0.6 is 22.9 Å². The van der Waals surface area contributed by atoms with E-state index in [2.05, 4.69) is 27.8 Å². The molecule has 0 aromatic carbocycles. The van der Waals surface area contributed by atoms with Gasteiger partial charge in [-0.05, 0) is 29.1 Å². The summed E-state index contributed by atoms with van der Waals surface area (Å²) < 4.78 is 2.65. The maximum Gasteiger partial charge on any atom is 0.165 e. The van der Waals surface area contributed by atoms with Crippen molar-refractivity contribution in [2.75, 3.05) is 6.54 Å². The van der Waals surface area contributed by atoms with E-state index in [9.17, 15) is 0 Å². The van der Waals surface area contributed by atoms with Crippen LogP contribution in [-0.2, 0) is 19.5 Å². The standard InChI is InChI=1S/C10H14ClN5S/c1-2-12-7-10-13-14-15-16(10)6-5-8-3-4-9(11)17-8/h3-4,12H,2,5-7H2,1H3. The van der Waals surface area contributed by atoms with Crippen molar-refractivity contribution >= 4 is 22.9 Å². The highest BCUT2D eigenvalue weighted by Crippen LogP contribution is 2.21. The van der Waals surface area contributed by atoms with Crippen molar-refractivity contribution in [3.8, 4) is 0 Å². The number of aromatic nitrogens is 4. The molecular formula is C10H14ClN5S. The van der Waals surface area contributed by atoms with Crippen molar-refractivity contribution in [1.29, 1.82) is 0 Å². The Kier molecular flexibility index (Phi) is 4.47. The van der Waals surface area contributed by atoms with Gasteiger partial charge in [-0.3, -0.25) is 0 Å². The highest BCUT2D eigenvalue weighted by molar-refractivity contribution is 7.16. The molecule has 0 saturated carbocycles. The van der Waals surface area contributed by atoms with Crippen LogP contribution in [-0.4, -0.2) is 26.8 Å². The highest BCUT2D eigenvalue weighted by Gasteiger charge is 2.06. The number of thiophene rings is 1. The van der Waals surface area contributed by atoms with E-state index in [1.54, 1.807) is 11.3 Å². The minimum absolute atomic E-state index is 0.703. The zero-order valence-electron chi connectivity index (χ0n) is 9.56. The summed E-state index contributed by atoms with van der Waals surface area (Å²) in [4.78, 5) is 1.25. The van der Waals surface area contributed by atoms with Crippen LogP contribution in [0.5, 0.6) is 0 Å². The van der Waals surface area contributed by atoms with Gasteiger partial charge >= 0.3 is 0 Å². The maximum absolute atomic E-state index is 5.88. The second-order valence-electron chi connectivity index (χ2n) is 3.55. The minimum atomic E-state index is 0.703. The third-order valence-electron chi connectivity index (χ3n) is 2.34. The summed E-state index contributed by atoms with van der Waals surface area (Å²) in [6.45, 7) is 4.45. The zero-order chi connectivity index (χ0) is 12.1.